The van der Waals surface area contributed by atoms with Crippen LogP contribution >= 0.6 is 15.9 Å². The van der Waals surface area contributed by atoms with E-state index in [4.69, 9.17) is 0 Å². The van der Waals surface area contributed by atoms with Crippen molar-refractivity contribution in [1.29, 1.82) is 0 Å². The Bertz CT molecular complexity index is 2480. The van der Waals surface area contributed by atoms with Crippen molar-refractivity contribution >= 4 is 49.0 Å². The summed E-state index contributed by atoms with van der Waals surface area (Å²) in [6, 6.07) is 40.8. The Morgan fingerprint density at radius 3 is 2.23 bits per heavy atom. The van der Waals surface area contributed by atoms with Gasteiger partial charge in [0.05, 0.1) is 22.9 Å². The lowest BCUT2D eigenvalue weighted by Crippen LogP contribution is -2.27. The molecule has 0 amide bonds. The standard InChI is InChI=1S/C45H30BrN/c46-40-22-6-1-2-7-23-42(40)47-41-27-24-30(29-14-4-3-5-15-29)28-35(41)33-25-26-39-43(44(33)47)34-18-10-13-21-38(34)45(39)36-19-11-8-16-31(36)32-17-9-12-20-37(32)45/h3-6,8-9,11-17,19-22,24-28H,1,10,18,23H2. The Morgan fingerprint density at radius 2 is 1.43 bits per heavy atom. The molecule has 1 nitrogen and oxygen atoms in total. The molecule has 5 aromatic carbocycles. The molecule has 1 spiro atoms. The highest BCUT2D eigenvalue weighted by Crippen LogP contribution is 2.64. The van der Waals surface area contributed by atoms with E-state index in [0.29, 0.717) is 6.42 Å². The van der Waals surface area contributed by atoms with Crippen molar-refractivity contribution < 1.29 is 0 Å². The van der Waals surface area contributed by atoms with Gasteiger partial charge in [0, 0.05) is 32.9 Å². The third-order valence-corrected chi connectivity index (χ3v) is 11.4. The number of hydrogen-bond donors (Lipinski definition) is 0. The average molecular weight is 665 g/mol. The second-order valence-corrected chi connectivity index (χ2v) is 13.8. The molecule has 4 aliphatic rings. The molecular formula is C45H30BrN. The number of rotatable bonds is 2. The fraction of sp³-hybridized carbons (Fsp3) is 0.111. The molecule has 0 aliphatic heterocycles. The zero-order valence-corrected chi connectivity index (χ0v) is 27.4. The summed E-state index contributed by atoms with van der Waals surface area (Å²) in [6.45, 7) is 0. The van der Waals surface area contributed by atoms with Gasteiger partial charge in [0.15, 0.2) is 0 Å². The van der Waals surface area contributed by atoms with Gasteiger partial charge in [-0.3, -0.25) is 0 Å². The third-order valence-electron chi connectivity index (χ3n) is 10.7. The molecule has 0 N–H and O–H groups in total. The lowest BCUT2D eigenvalue weighted by atomic mass is 9.69. The van der Waals surface area contributed by atoms with E-state index >= 15 is 0 Å². The Labute approximate surface area is 283 Å². The summed E-state index contributed by atoms with van der Waals surface area (Å²) in [4.78, 5) is 0. The smallest absolute Gasteiger partial charge is 0.0722 e. The maximum atomic E-state index is 4.02. The van der Waals surface area contributed by atoms with Crippen molar-refractivity contribution in [1.82, 2.24) is 4.57 Å². The third kappa shape index (κ3) is 3.61. The van der Waals surface area contributed by atoms with E-state index in [0.717, 1.165) is 23.7 Å². The highest BCUT2D eigenvalue weighted by atomic mass is 79.9. The Morgan fingerprint density at radius 1 is 0.660 bits per heavy atom. The first kappa shape index (κ1) is 27.1. The summed E-state index contributed by atoms with van der Waals surface area (Å²) in [7, 11) is 0. The van der Waals surface area contributed by atoms with Crippen LogP contribution in [0.3, 0.4) is 0 Å². The van der Waals surface area contributed by atoms with Crippen LogP contribution < -0.4 is 0 Å². The Hall–Kier alpha value is -5.10. The van der Waals surface area contributed by atoms with Gasteiger partial charge in [0.25, 0.3) is 0 Å². The summed E-state index contributed by atoms with van der Waals surface area (Å²) >= 11 is 4.02. The zero-order chi connectivity index (χ0) is 31.1. The molecule has 1 aromatic heterocycles. The van der Waals surface area contributed by atoms with Crippen molar-refractivity contribution in [3.05, 3.63) is 166 Å². The van der Waals surface area contributed by atoms with Crippen molar-refractivity contribution in [3.63, 3.8) is 0 Å². The quantitative estimate of drug-likeness (QED) is 0.162. The molecular weight excluding hydrogens is 634 g/mol. The molecule has 0 unspecified atom stereocenters. The summed E-state index contributed by atoms with van der Waals surface area (Å²) in [5.41, 5.74) is 17.0. The number of nitrogens with zero attached hydrogens (tertiary/aromatic N) is 1. The molecule has 47 heavy (non-hydrogen) atoms. The lowest BCUT2D eigenvalue weighted by Gasteiger charge is -2.32. The van der Waals surface area contributed by atoms with Crippen molar-refractivity contribution in [2.45, 2.75) is 31.1 Å². The number of allylic oxidation sites excluding steroid dienone is 8. The van der Waals surface area contributed by atoms with Crippen molar-refractivity contribution in [2.75, 3.05) is 0 Å². The Balaban J connectivity index is 1.38. The SMILES string of the molecule is BrC1=C(n2c3ccc(-c4ccccc4)cc3c3ccc4c(c32)C2=C(C=CCC2)C42c3ccccc3-c3ccccc32)CC#CCC=C1. The van der Waals surface area contributed by atoms with E-state index in [1.54, 1.807) is 0 Å². The molecule has 1 heterocycles. The van der Waals surface area contributed by atoms with Crippen LogP contribution in [0.1, 0.15) is 47.9 Å². The van der Waals surface area contributed by atoms with Gasteiger partial charge in [-0.2, -0.15) is 0 Å². The van der Waals surface area contributed by atoms with Crippen LogP contribution in [0.15, 0.2) is 144 Å². The molecule has 0 fully saturated rings. The maximum Gasteiger partial charge on any atom is 0.0722 e. The monoisotopic (exact) mass is 663 g/mol. The van der Waals surface area contributed by atoms with Gasteiger partial charge in [-0.05, 0) is 97.1 Å². The lowest BCUT2D eigenvalue weighted by molar-refractivity contribution is 0.781. The minimum Gasteiger partial charge on any atom is -0.310 e. The zero-order valence-electron chi connectivity index (χ0n) is 25.9. The highest BCUT2D eigenvalue weighted by Gasteiger charge is 2.53. The van der Waals surface area contributed by atoms with E-state index in [-0.39, 0.29) is 5.41 Å². The van der Waals surface area contributed by atoms with Gasteiger partial charge >= 0.3 is 0 Å². The topological polar surface area (TPSA) is 4.93 Å². The van der Waals surface area contributed by atoms with Gasteiger partial charge < -0.3 is 4.57 Å². The van der Waals surface area contributed by atoms with E-state index in [1.165, 1.54) is 83.2 Å². The highest BCUT2D eigenvalue weighted by molar-refractivity contribution is 9.12. The summed E-state index contributed by atoms with van der Waals surface area (Å²) in [5, 5.41) is 2.57. The van der Waals surface area contributed by atoms with Crippen LogP contribution in [-0.4, -0.2) is 4.57 Å². The second-order valence-electron chi connectivity index (χ2n) is 12.9. The molecule has 10 rings (SSSR count). The minimum atomic E-state index is -0.342. The van der Waals surface area contributed by atoms with Crippen molar-refractivity contribution in [2.24, 2.45) is 0 Å². The van der Waals surface area contributed by atoms with Gasteiger partial charge in [0.1, 0.15) is 0 Å². The molecule has 6 aromatic rings. The molecule has 0 bridgehead atoms. The number of hydrogen-bond acceptors (Lipinski definition) is 0. The van der Waals surface area contributed by atoms with Gasteiger partial charge in [-0.25, -0.2) is 0 Å². The van der Waals surface area contributed by atoms with Gasteiger partial charge in [-0.15, -0.1) is 0 Å². The number of fused-ring (bicyclic) bond motifs is 13. The summed E-state index contributed by atoms with van der Waals surface area (Å²) in [6.07, 6.45) is 12.7. The largest absolute Gasteiger partial charge is 0.310 e. The van der Waals surface area contributed by atoms with Gasteiger partial charge in [0.2, 0.25) is 0 Å². The second kappa shape index (κ2) is 10.2. The van der Waals surface area contributed by atoms with E-state index in [9.17, 15) is 0 Å². The van der Waals surface area contributed by atoms with E-state index in [2.05, 4.69) is 166 Å². The molecule has 0 atom stereocenters. The molecule has 0 saturated heterocycles. The fourth-order valence-electron chi connectivity index (χ4n) is 8.86. The average Bonchev–Trinajstić information content (AvgIpc) is 3.72. The molecule has 0 radical (unpaired) electrons. The first-order valence-corrected chi connectivity index (χ1v) is 17.3. The van der Waals surface area contributed by atoms with Crippen LogP contribution in [0, 0.1) is 11.8 Å². The minimum absolute atomic E-state index is 0.342. The fourth-order valence-corrected chi connectivity index (χ4v) is 9.36. The predicted molar refractivity (Wildman–Crippen MR) is 200 cm³/mol. The molecule has 222 valence electrons. The maximum absolute atomic E-state index is 4.02. The normalized spacial score (nSPS) is 17.0. The summed E-state index contributed by atoms with van der Waals surface area (Å²) in [5.74, 6) is 6.85. The van der Waals surface area contributed by atoms with E-state index < -0.39 is 0 Å². The van der Waals surface area contributed by atoms with Crippen LogP contribution in [-0.2, 0) is 5.41 Å². The molecule has 2 heteroatoms. The first-order valence-electron chi connectivity index (χ1n) is 16.5. The van der Waals surface area contributed by atoms with Crippen LogP contribution in [0.5, 0.6) is 0 Å². The van der Waals surface area contributed by atoms with Crippen LogP contribution in [0.4, 0.5) is 0 Å². The first-order chi connectivity index (χ1) is 23.3. The number of aromatic nitrogens is 1. The molecule has 4 aliphatic carbocycles. The van der Waals surface area contributed by atoms with Crippen LogP contribution in [0.25, 0.3) is 55.3 Å². The van der Waals surface area contributed by atoms with Gasteiger partial charge in [-0.1, -0.05) is 127 Å². The molecule has 0 saturated carbocycles. The summed E-state index contributed by atoms with van der Waals surface area (Å²) < 4.78 is 3.64. The number of benzene rings is 5. The number of halogens is 1. The predicted octanol–water partition coefficient (Wildman–Crippen LogP) is 11.8. The van der Waals surface area contributed by atoms with E-state index in [1.807, 2.05) is 0 Å². The Kier molecular flexibility index (Phi) is 5.87. The van der Waals surface area contributed by atoms with Crippen molar-refractivity contribution in [3.8, 4) is 34.1 Å². The van der Waals surface area contributed by atoms with Crippen LogP contribution in [0.2, 0.25) is 0 Å².